The van der Waals surface area contributed by atoms with E-state index in [1.165, 1.54) is 18.2 Å². The number of carbonyl (C=O) groups is 3. The molecule has 1 heterocycles. The number of imide groups is 1. The monoisotopic (exact) mass is 375 g/mol. The zero-order chi connectivity index (χ0) is 19.6. The number of benzene rings is 1. The number of hydrogen-bond acceptors (Lipinski definition) is 6. The maximum Gasteiger partial charge on any atom is 0.344 e. The Bertz CT molecular complexity index is 788. The molecule has 10 heteroatoms. The number of hydrazine groups is 1. The van der Waals surface area contributed by atoms with Gasteiger partial charge in [0.1, 0.15) is 5.54 Å². The van der Waals surface area contributed by atoms with E-state index in [4.69, 9.17) is 0 Å². The van der Waals surface area contributed by atoms with Crippen molar-refractivity contribution in [3.05, 3.63) is 34.4 Å². The van der Waals surface area contributed by atoms with Crippen LogP contribution in [-0.4, -0.2) is 39.9 Å². The molecule has 2 fully saturated rings. The second-order valence-corrected chi connectivity index (χ2v) is 7.03. The van der Waals surface area contributed by atoms with E-state index in [-0.39, 0.29) is 12.2 Å². The zero-order valence-electron chi connectivity index (χ0n) is 14.9. The summed E-state index contributed by atoms with van der Waals surface area (Å²) in [6.07, 6.45) is 2.78. The van der Waals surface area contributed by atoms with Gasteiger partial charge < -0.3 is 10.6 Å². The summed E-state index contributed by atoms with van der Waals surface area (Å²) in [4.78, 5) is 47.2. The minimum Gasteiger partial charge on any atom is -0.376 e. The summed E-state index contributed by atoms with van der Waals surface area (Å²) in [6, 6.07) is 5.05. The van der Waals surface area contributed by atoms with E-state index in [1.54, 1.807) is 6.07 Å². The van der Waals surface area contributed by atoms with E-state index in [0.717, 1.165) is 17.9 Å². The van der Waals surface area contributed by atoms with Crippen LogP contribution in [-0.2, 0) is 9.59 Å². The molecule has 1 aliphatic heterocycles. The summed E-state index contributed by atoms with van der Waals surface area (Å²) in [6.45, 7) is 1.86. The van der Waals surface area contributed by atoms with Crippen LogP contribution < -0.4 is 16.1 Å². The Labute approximate surface area is 155 Å². The lowest BCUT2D eigenvalue weighted by molar-refractivity contribution is -0.384. The Morgan fingerprint density at radius 2 is 2.07 bits per heavy atom. The first-order valence-electron chi connectivity index (χ1n) is 8.75. The van der Waals surface area contributed by atoms with Gasteiger partial charge in [-0.25, -0.2) is 4.79 Å². The van der Waals surface area contributed by atoms with Gasteiger partial charge in [-0.05, 0) is 37.7 Å². The fraction of sp³-hybridized carbons (Fsp3) is 0.471. The highest BCUT2D eigenvalue weighted by Crippen LogP contribution is 2.35. The summed E-state index contributed by atoms with van der Waals surface area (Å²) in [5, 5.41) is 17.0. The molecule has 0 bridgehead atoms. The fourth-order valence-corrected chi connectivity index (χ4v) is 3.39. The average Bonchev–Trinajstić information content (AvgIpc) is 2.87. The molecule has 2 aliphatic rings. The van der Waals surface area contributed by atoms with E-state index < -0.39 is 28.3 Å². The number of urea groups is 1. The molecule has 4 amide bonds. The largest absolute Gasteiger partial charge is 0.376 e. The van der Waals surface area contributed by atoms with Crippen molar-refractivity contribution in [2.45, 2.75) is 38.1 Å². The average molecular weight is 375 g/mol. The molecule has 144 valence electrons. The minimum absolute atomic E-state index is 0.108. The Balaban J connectivity index is 1.58. The molecule has 10 nitrogen and oxygen atoms in total. The second kappa shape index (κ2) is 7.22. The number of hydrogen-bond donors (Lipinski definition) is 3. The van der Waals surface area contributed by atoms with Crippen molar-refractivity contribution in [1.82, 2.24) is 15.8 Å². The lowest BCUT2D eigenvalue weighted by atomic mass is 9.77. The van der Waals surface area contributed by atoms with Gasteiger partial charge in [0.25, 0.3) is 17.5 Å². The molecule has 27 heavy (non-hydrogen) atoms. The van der Waals surface area contributed by atoms with Gasteiger partial charge in [0, 0.05) is 17.8 Å². The lowest BCUT2D eigenvalue weighted by Crippen LogP contribution is -2.52. The molecule has 0 atom stereocenters. The van der Waals surface area contributed by atoms with Crippen LogP contribution >= 0.6 is 0 Å². The Morgan fingerprint density at radius 1 is 1.37 bits per heavy atom. The van der Waals surface area contributed by atoms with Crippen LogP contribution in [0.2, 0.25) is 0 Å². The third-order valence-electron chi connectivity index (χ3n) is 5.04. The maximum absolute atomic E-state index is 12.7. The van der Waals surface area contributed by atoms with Crippen LogP contribution in [0.15, 0.2) is 24.3 Å². The van der Waals surface area contributed by atoms with Crippen molar-refractivity contribution in [3.63, 3.8) is 0 Å². The van der Waals surface area contributed by atoms with Gasteiger partial charge in [0.15, 0.2) is 0 Å². The van der Waals surface area contributed by atoms with E-state index >= 15 is 0 Å². The summed E-state index contributed by atoms with van der Waals surface area (Å²) >= 11 is 0. The first-order valence-corrected chi connectivity index (χ1v) is 8.75. The number of rotatable bonds is 5. The van der Waals surface area contributed by atoms with Crippen LogP contribution in [0.1, 0.15) is 32.6 Å². The number of amides is 4. The lowest BCUT2D eigenvalue weighted by Gasteiger charge is -2.33. The predicted molar refractivity (Wildman–Crippen MR) is 95.5 cm³/mol. The second-order valence-electron chi connectivity index (χ2n) is 7.03. The highest BCUT2D eigenvalue weighted by Gasteiger charge is 2.52. The smallest absolute Gasteiger partial charge is 0.344 e. The molecule has 1 aliphatic carbocycles. The normalized spacial score (nSPS) is 24.6. The third-order valence-corrected chi connectivity index (χ3v) is 5.04. The third kappa shape index (κ3) is 3.83. The molecule has 1 saturated carbocycles. The summed E-state index contributed by atoms with van der Waals surface area (Å²) in [5.41, 5.74) is 1.65. The number of nitrogens with one attached hydrogen (secondary N) is 3. The van der Waals surface area contributed by atoms with Gasteiger partial charge >= 0.3 is 6.03 Å². The minimum atomic E-state index is -0.926. The topological polar surface area (TPSA) is 134 Å². The van der Waals surface area contributed by atoms with Crippen LogP contribution in [0.4, 0.5) is 16.2 Å². The first-order chi connectivity index (χ1) is 12.8. The van der Waals surface area contributed by atoms with Crippen molar-refractivity contribution < 1.29 is 19.3 Å². The van der Waals surface area contributed by atoms with Gasteiger partial charge in [-0.1, -0.05) is 13.0 Å². The quantitative estimate of drug-likeness (QED) is 0.406. The molecular formula is C17H21N5O5. The van der Waals surface area contributed by atoms with Crippen molar-refractivity contribution >= 4 is 29.2 Å². The molecule has 0 radical (unpaired) electrons. The summed E-state index contributed by atoms with van der Waals surface area (Å²) in [5.74, 6) is -0.544. The van der Waals surface area contributed by atoms with Crippen molar-refractivity contribution in [2.75, 3.05) is 11.9 Å². The zero-order valence-corrected chi connectivity index (χ0v) is 14.9. The van der Waals surface area contributed by atoms with Crippen LogP contribution in [0.5, 0.6) is 0 Å². The molecule has 3 N–H and O–H groups in total. The molecule has 0 unspecified atom stereocenters. The molecule has 1 aromatic rings. The van der Waals surface area contributed by atoms with Gasteiger partial charge in [0.05, 0.1) is 11.5 Å². The molecular weight excluding hydrogens is 354 g/mol. The van der Waals surface area contributed by atoms with Crippen molar-refractivity contribution in [2.24, 2.45) is 5.92 Å². The SMILES string of the molecule is CC1CCC2(CC1)NC(=O)N(NC(=O)CNc1cccc([N+](=O)[O-])c1)C2=O. The molecule has 1 aromatic carbocycles. The molecule has 1 saturated heterocycles. The van der Waals surface area contributed by atoms with E-state index in [1.807, 2.05) is 0 Å². The van der Waals surface area contributed by atoms with Crippen LogP contribution in [0, 0.1) is 16.0 Å². The van der Waals surface area contributed by atoms with E-state index in [0.29, 0.717) is 24.4 Å². The highest BCUT2D eigenvalue weighted by atomic mass is 16.6. The number of carbonyl (C=O) groups excluding carboxylic acids is 3. The van der Waals surface area contributed by atoms with Gasteiger partial charge in [-0.2, -0.15) is 5.01 Å². The number of anilines is 1. The predicted octanol–water partition coefficient (Wildman–Crippen LogP) is 1.54. The van der Waals surface area contributed by atoms with Crippen LogP contribution in [0.25, 0.3) is 0 Å². The molecule has 3 rings (SSSR count). The van der Waals surface area contributed by atoms with Crippen molar-refractivity contribution in [1.29, 1.82) is 0 Å². The summed E-state index contributed by atoms with van der Waals surface area (Å²) < 4.78 is 0. The van der Waals surface area contributed by atoms with Gasteiger partial charge in [-0.15, -0.1) is 0 Å². The number of nitro benzene ring substituents is 1. The van der Waals surface area contributed by atoms with Crippen molar-refractivity contribution in [3.8, 4) is 0 Å². The fourth-order valence-electron chi connectivity index (χ4n) is 3.39. The Kier molecular flexibility index (Phi) is 4.98. The molecule has 0 aromatic heterocycles. The van der Waals surface area contributed by atoms with Gasteiger partial charge in [0.2, 0.25) is 0 Å². The van der Waals surface area contributed by atoms with E-state index in [2.05, 4.69) is 23.0 Å². The maximum atomic E-state index is 12.7. The van der Waals surface area contributed by atoms with E-state index in [9.17, 15) is 24.5 Å². The number of non-ortho nitro benzene ring substituents is 1. The first kappa shape index (κ1) is 18.6. The molecule has 1 spiro atoms. The number of nitrogens with zero attached hydrogens (tertiary/aromatic N) is 2. The Morgan fingerprint density at radius 3 is 2.74 bits per heavy atom. The number of nitro groups is 1. The summed E-state index contributed by atoms with van der Waals surface area (Å²) in [7, 11) is 0. The van der Waals surface area contributed by atoms with Crippen LogP contribution in [0.3, 0.4) is 0 Å². The Hall–Kier alpha value is -3.17. The standard InChI is InChI=1S/C17H21N5O5/c1-11-5-7-17(8-6-11)15(24)21(16(25)19-17)20-14(23)10-18-12-3-2-4-13(9-12)22(26)27/h2-4,9,11,18H,5-8,10H2,1H3,(H,19,25)(H,20,23). The van der Waals surface area contributed by atoms with Gasteiger partial charge in [-0.3, -0.25) is 25.1 Å². The highest BCUT2D eigenvalue weighted by molar-refractivity contribution is 6.08.